The minimum atomic E-state index is -0.445. The van der Waals surface area contributed by atoms with Gasteiger partial charge in [-0.15, -0.1) is 13.2 Å². The molecule has 0 amide bonds. The summed E-state index contributed by atoms with van der Waals surface area (Å²) in [6.07, 6.45) is 2.81. The van der Waals surface area contributed by atoms with Crippen molar-refractivity contribution in [3.8, 4) is 0 Å². The summed E-state index contributed by atoms with van der Waals surface area (Å²) in [6.45, 7) is 11.9. The third-order valence-corrected chi connectivity index (χ3v) is 1.35. The van der Waals surface area contributed by atoms with Gasteiger partial charge in [0.2, 0.25) is 0 Å². The van der Waals surface area contributed by atoms with Gasteiger partial charge in [0.25, 0.3) is 0 Å². The molecule has 0 aromatic carbocycles. The van der Waals surface area contributed by atoms with E-state index in [4.69, 9.17) is 19.7 Å². The second kappa shape index (κ2) is 14.3. The lowest BCUT2D eigenvalue weighted by Crippen LogP contribution is -2.19. The third kappa shape index (κ3) is 19.0. The first kappa shape index (κ1) is 17.7. The first-order valence-corrected chi connectivity index (χ1v) is 5.28. The maximum atomic E-state index is 8.69. The van der Waals surface area contributed by atoms with Crippen molar-refractivity contribution in [2.75, 3.05) is 26.4 Å². The largest absolute Gasteiger partial charge is 0.394 e. The van der Waals surface area contributed by atoms with Gasteiger partial charge in [-0.05, 0) is 13.8 Å². The molecule has 0 fully saturated rings. The lowest BCUT2D eigenvalue weighted by molar-refractivity contribution is -0.0177. The fourth-order valence-electron chi connectivity index (χ4n) is 0.591. The summed E-state index contributed by atoms with van der Waals surface area (Å²) >= 11 is 0. The summed E-state index contributed by atoms with van der Waals surface area (Å²) in [6, 6.07) is 0. The Morgan fingerprint density at radius 1 is 1.19 bits per heavy atom. The number of aliphatic hydroxyl groups is 2. The molecule has 0 aliphatic carbocycles. The Hall–Kier alpha value is -0.680. The Morgan fingerprint density at radius 3 is 2.00 bits per heavy atom. The topological polar surface area (TPSA) is 58.9 Å². The average Bonchev–Trinajstić information content (AvgIpc) is 2.27. The van der Waals surface area contributed by atoms with Crippen LogP contribution in [0, 0.1) is 0 Å². The Kier molecular flexibility index (Phi) is 15.8. The van der Waals surface area contributed by atoms with Crippen molar-refractivity contribution >= 4 is 0 Å². The summed E-state index contributed by atoms with van der Waals surface area (Å²) < 4.78 is 9.85. The molecule has 0 spiro atoms. The van der Waals surface area contributed by atoms with Crippen LogP contribution in [0.1, 0.15) is 13.8 Å². The van der Waals surface area contributed by atoms with Gasteiger partial charge in [0, 0.05) is 0 Å². The van der Waals surface area contributed by atoms with Gasteiger partial charge in [-0.1, -0.05) is 12.2 Å². The molecule has 0 aliphatic heterocycles. The Labute approximate surface area is 98.2 Å². The maximum Gasteiger partial charge on any atom is 0.0779 e. The van der Waals surface area contributed by atoms with E-state index in [2.05, 4.69) is 13.2 Å². The third-order valence-electron chi connectivity index (χ3n) is 1.35. The van der Waals surface area contributed by atoms with Gasteiger partial charge < -0.3 is 19.7 Å². The highest BCUT2D eigenvalue weighted by atomic mass is 16.5. The Balaban J connectivity index is 0. The van der Waals surface area contributed by atoms with Crippen molar-refractivity contribution < 1.29 is 19.7 Å². The zero-order valence-corrected chi connectivity index (χ0v) is 10.3. The van der Waals surface area contributed by atoms with Crippen LogP contribution in [0.25, 0.3) is 0 Å². The highest BCUT2D eigenvalue weighted by Crippen LogP contribution is 1.90. The normalized spacial score (nSPS) is 13.2. The molecule has 2 atom stereocenters. The van der Waals surface area contributed by atoms with Crippen LogP contribution < -0.4 is 0 Å². The zero-order chi connectivity index (χ0) is 12.8. The molecular weight excluding hydrogens is 208 g/mol. The van der Waals surface area contributed by atoms with Crippen molar-refractivity contribution in [1.29, 1.82) is 0 Å². The zero-order valence-electron chi connectivity index (χ0n) is 10.3. The van der Waals surface area contributed by atoms with Gasteiger partial charge in [-0.2, -0.15) is 0 Å². The first-order valence-electron chi connectivity index (χ1n) is 5.28. The van der Waals surface area contributed by atoms with Crippen molar-refractivity contribution in [1.82, 2.24) is 0 Å². The number of ether oxygens (including phenoxy) is 2. The Morgan fingerprint density at radius 2 is 1.69 bits per heavy atom. The van der Waals surface area contributed by atoms with Crippen LogP contribution in [0.15, 0.2) is 25.3 Å². The average molecular weight is 232 g/mol. The molecule has 0 saturated heterocycles. The molecule has 0 aromatic rings. The van der Waals surface area contributed by atoms with E-state index in [0.29, 0.717) is 19.8 Å². The quantitative estimate of drug-likeness (QED) is 0.487. The van der Waals surface area contributed by atoms with E-state index in [1.807, 2.05) is 0 Å². The molecule has 0 aromatic heterocycles. The molecule has 2 N–H and O–H groups in total. The summed E-state index contributed by atoms with van der Waals surface area (Å²) in [4.78, 5) is 0. The number of hydrogen-bond donors (Lipinski definition) is 2. The molecule has 0 saturated carbocycles. The first-order chi connectivity index (χ1) is 7.58. The minimum Gasteiger partial charge on any atom is -0.394 e. The molecule has 96 valence electrons. The van der Waals surface area contributed by atoms with E-state index in [0.717, 1.165) is 0 Å². The molecule has 16 heavy (non-hydrogen) atoms. The maximum absolute atomic E-state index is 8.69. The molecule has 0 bridgehead atoms. The fraction of sp³-hybridized carbons (Fsp3) is 0.667. The predicted molar refractivity (Wildman–Crippen MR) is 65.4 cm³/mol. The number of aliphatic hydroxyl groups excluding tert-OH is 2. The SMILES string of the molecule is C=CCOCC=C.CC(O)COC(C)CO. The van der Waals surface area contributed by atoms with Gasteiger partial charge in [0.1, 0.15) is 0 Å². The van der Waals surface area contributed by atoms with Crippen LogP contribution in [0.4, 0.5) is 0 Å². The van der Waals surface area contributed by atoms with Crippen LogP contribution in [-0.4, -0.2) is 48.8 Å². The summed E-state index contributed by atoms with van der Waals surface area (Å²) in [5.41, 5.74) is 0. The van der Waals surface area contributed by atoms with E-state index >= 15 is 0 Å². The molecule has 4 nitrogen and oxygen atoms in total. The van der Waals surface area contributed by atoms with Gasteiger partial charge >= 0.3 is 0 Å². The molecular formula is C12H24O4. The van der Waals surface area contributed by atoms with Crippen molar-refractivity contribution in [3.63, 3.8) is 0 Å². The van der Waals surface area contributed by atoms with Gasteiger partial charge in [0.15, 0.2) is 0 Å². The van der Waals surface area contributed by atoms with Crippen molar-refractivity contribution in [2.45, 2.75) is 26.1 Å². The second-order valence-electron chi connectivity index (χ2n) is 3.29. The van der Waals surface area contributed by atoms with Crippen LogP contribution in [-0.2, 0) is 9.47 Å². The van der Waals surface area contributed by atoms with E-state index in [1.54, 1.807) is 26.0 Å². The summed E-state index contributed by atoms with van der Waals surface area (Å²) in [5.74, 6) is 0. The number of rotatable bonds is 8. The molecule has 2 unspecified atom stereocenters. The van der Waals surface area contributed by atoms with E-state index < -0.39 is 6.10 Å². The molecule has 0 rings (SSSR count). The van der Waals surface area contributed by atoms with Crippen LogP contribution in [0.5, 0.6) is 0 Å². The molecule has 0 radical (unpaired) electrons. The highest BCUT2D eigenvalue weighted by molar-refractivity contribution is 4.68. The summed E-state index contributed by atoms with van der Waals surface area (Å²) in [5, 5.41) is 17.1. The highest BCUT2D eigenvalue weighted by Gasteiger charge is 2.00. The van der Waals surface area contributed by atoms with Gasteiger partial charge in [-0.3, -0.25) is 0 Å². The lowest BCUT2D eigenvalue weighted by atomic mass is 10.4. The summed E-state index contributed by atoms with van der Waals surface area (Å²) in [7, 11) is 0. The van der Waals surface area contributed by atoms with Gasteiger partial charge in [0.05, 0.1) is 38.6 Å². The van der Waals surface area contributed by atoms with E-state index in [1.165, 1.54) is 0 Å². The fourth-order valence-corrected chi connectivity index (χ4v) is 0.591. The standard InChI is InChI=1S/C6H14O3.C6H10O/c1-5(8)4-9-6(2)3-7;1-3-5-7-6-4-2/h5-8H,3-4H2,1-2H3;3-4H,1-2,5-6H2. The predicted octanol–water partition coefficient (Wildman–Crippen LogP) is 1.14. The van der Waals surface area contributed by atoms with Crippen molar-refractivity contribution in [2.24, 2.45) is 0 Å². The molecule has 4 heteroatoms. The van der Waals surface area contributed by atoms with Gasteiger partial charge in [-0.25, -0.2) is 0 Å². The van der Waals surface area contributed by atoms with Crippen molar-refractivity contribution in [3.05, 3.63) is 25.3 Å². The van der Waals surface area contributed by atoms with Crippen LogP contribution in [0.2, 0.25) is 0 Å². The monoisotopic (exact) mass is 232 g/mol. The van der Waals surface area contributed by atoms with E-state index in [-0.39, 0.29) is 12.7 Å². The lowest BCUT2D eigenvalue weighted by Gasteiger charge is -2.10. The second-order valence-corrected chi connectivity index (χ2v) is 3.29. The number of hydrogen-bond acceptors (Lipinski definition) is 4. The van der Waals surface area contributed by atoms with E-state index in [9.17, 15) is 0 Å². The molecule has 0 aliphatic rings. The van der Waals surface area contributed by atoms with Crippen LogP contribution >= 0.6 is 0 Å². The minimum absolute atomic E-state index is 0.00667. The molecule has 0 heterocycles. The van der Waals surface area contributed by atoms with Crippen LogP contribution in [0.3, 0.4) is 0 Å². The smallest absolute Gasteiger partial charge is 0.0779 e. The Bertz CT molecular complexity index is 149.